The minimum Gasteiger partial charge on any atom is -0.367 e. The second-order valence-electron chi connectivity index (χ2n) is 5.85. The van der Waals surface area contributed by atoms with Crippen LogP contribution >= 0.6 is 0 Å². The van der Waals surface area contributed by atoms with E-state index >= 15 is 0 Å². The highest BCUT2D eigenvalue weighted by Gasteiger charge is 2.20. The molecule has 1 N–H and O–H groups in total. The van der Waals surface area contributed by atoms with E-state index in [4.69, 9.17) is 0 Å². The minimum absolute atomic E-state index is 0.546. The Morgan fingerprint density at radius 1 is 1.33 bits per heavy atom. The van der Waals surface area contributed by atoms with Gasteiger partial charge in [-0.15, -0.1) is 0 Å². The molecular formula is C16H23N5. The molecule has 0 saturated carbocycles. The number of pyridine rings is 1. The predicted molar refractivity (Wildman–Crippen MR) is 84.1 cm³/mol. The van der Waals surface area contributed by atoms with E-state index in [1.54, 1.807) is 0 Å². The van der Waals surface area contributed by atoms with Crippen LogP contribution < -0.4 is 5.32 Å². The number of nitrogens with zero attached hydrogens (tertiary/aromatic N) is 4. The van der Waals surface area contributed by atoms with Crippen molar-refractivity contribution in [2.45, 2.75) is 32.4 Å². The summed E-state index contributed by atoms with van der Waals surface area (Å²) < 4.78 is 1.93. The van der Waals surface area contributed by atoms with E-state index in [1.807, 2.05) is 37.1 Å². The molecule has 5 heteroatoms. The van der Waals surface area contributed by atoms with Crippen molar-refractivity contribution in [3.05, 3.63) is 41.9 Å². The van der Waals surface area contributed by atoms with Gasteiger partial charge in [0.05, 0.1) is 5.69 Å². The molecule has 1 saturated heterocycles. The first-order valence-electron chi connectivity index (χ1n) is 7.59. The number of hydrogen-bond acceptors (Lipinski definition) is 4. The standard InChI is InChI=1S/C16H23N5/c1-13-10-16(20(2)19-13)18-15-5-8-21(9-6-15)12-14-4-3-7-17-11-14/h3-4,7,10-11,15,18H,5-6,8-9,12H2,1-2H3. The van der Waals surface area contributed by atoms with E-state index in [-0.39, 0.29) is 0 Å². The molecule has 0 atom stereocenters. The number of nitrogens with one attached hydrogen (secondary N) is 1. The molecule has 0 aromatic carbocycles. The Hall–Kier alpha value is -1.88. The topological polar surface area (TPSA) is 46.0 Å². The van der Waals surface area contributed by atoms with Crippen molar-refractivity contribution in [1.82, 2.24) is 19.7 Å². The van der Waals surface area contributed by atoms with Crippen LogP contribution in [0, 0.1) is 6.92 Å². The van der Waals surface area contributed by atoms with Gasteiger partial charge in [-0.3, -0.25) is 14.6 Å². The molecule has 0 unspecified atom stereocenters. The molecule has 0 radical (unpaired) electrons. The van der Waals surface area contributed by atoms with Crippen LogP contribution in [0.3, 0.4) is 0 Å². The fraction of sp³-hybridized carbons (Fsp3) is 0.500. The summed E-state index contributed by atoms with van der Waals surface area (Å²) in [6.07, 6.45) is 6.13. The number of rotatable bonds is 4. The molecule has 5 nitrogen and oxygen atoms in total. The van der Waals surface area contributed by atoms with Gasteiger partial charge in [0.15, 0.2) is 0 Å². The van der Waals surface area contributed by atoms with Gasteiger partial charge >= 0.3 is 0 Å². The lowest BCUT2D eigenvalue weighted by Crippen LogP contribution is -2.39. The Labute approximate surface area is 126 Å². The van der Waals surface area contributed by atoms with E-state index in [1.165, 1.54) is 18.4 Å². The summed E-state index contributed by atoms with van der Waals surface area (Å²) in [6, 6.07) is 6.82. The quantitative estimate of drug-likeness (QED) is 0.935. The molecule has 2 aromatic rings. The van der Waals surface area contributed by atoms with E-state index in [0.717, 1.165) is 31.1 Å². The van der Waals surface area contributed by atoms with Crippen molar-refractivity contribution < 1.29 is 0 Å². The molecule has 2 aromatic heterocycles. The van der Waals surface area contributed by atoms with Crippen LogP contribution in [0.4, 0.5) is 5.82 Å². The highest BCUT2D eigenvalue weighted by atomic mass is 15.3. The first kappa shape index (κ1) is 14.1. The lowest BCUT2D eigenvalue weighted by Gasteiger charge is -2.32. The Morgan fingerprint density at radius 2 is 2.14 bits per heavy atom. The molecule has 1 aliphatic heterocycles. The van der Waals surface area contributed by atoms with Crippen LogP contribution in [0.5, 0.6) is 0 Å². The largest absolute Gasteiger partial charge is 0.367 e. The van der Waals surface area contributed by atoms with Gasteiger partial charge in [0, 0.05) is 51.2 Å². The van der Waals surface area contributed by atoms with E-state index < -0.39 is 0 Å². The van der Waals surface area contributed by atoms with Gasteiger partial charge in [-0.1, -0.05) is 6.07 Å². The summed E-state index contributed by atoms with van der Waals surface area (Å²) in [6.45, 7) is 5.29. The molecule has 21 heavy (non-hydrogen) atoms. The first-order valence-corrected chi connectivity index (χ1v) is 7.59. The summed E-state index contributed by atoms with van der Waals surface area (Å²) in [7, 11) is 1.99. The summed E-state index contributed by atoms with van der Waals surface area (Å²) in [5.41, 5.74) is 2.36. The van der Waals surface area contributed by atoms with E-state index in [0.29, 0.717) is 6.04 Å². The third-order valence-electron chi connectivity index (χ3n) is 4.07. The summed E-state index contributed by atoms with van der Waals surface area (Å²) in [4.78, 5) is 6.69. The molecule has 1 aliphatic rings. The molecule has 0 amide bonds. The minimum atomic E-state index is 0.546. The van der Waals surface area contributed by atoms with Gasteiger partial charge in [-0.05, 0) is 31.4 Å². The summed E-state index contributed by atoms with van der Waals surface area (Å²) >= 11 is 0. The zero-order valence-electron chi connectivity index (χ0n) is 12.8. The molecule has 1 fully saturated rings. The zero-order chi connectivity index (χ0) is 14.7. The maximum absolute atomic E-state index is 4.38. The fourth-order valence-corrected chi connectivity index (χ4v) is 2.94. The summed E-state index contributed by atoms with van der Waals surface area (Å²) in [5.74, 6) is 1.12. The summed E-state index contributed by atoms with van der Waals surface area (Å²) in [5, 5.41) is 8.00. The second-order valence-corrected chi connectivity index (χ2v) is 5.85. The Bertz CT molecular complexity index is 570. The number of aromatic nitrogens is 3. The maximum Gasteiger partial charge on any atom is 0.124 e. The number of likely N-dealkylation sites (tertiary alicyclic amines) is 1. The maximum atomic E-state index is 4.38. The highest BCUT2D eigenvalue weighted by Crippen LogP contribution is 2.18. The van der Waals surface area contributed by atoms with Crippen LogP contribution in [-0.2, 0) is 13.6 Å². The van der Waals surface area contributed by atoms with Crippen molar-refractivity contribution >= 4 is 5.82 Å². The smallest absolute Gasteiger partial charge is 0.124 e. The molecule has 0 spiro atoms. The lowest BCUT2D eigenvalue weighted by atomic mass is 10.0. The second kappa shape index (κ2) is 6.26. The van der Waals surface area contributed by atoms with Crippen LogP contribution in [0.2, 0.25) is 0 Å². The van der Waals surface area contributed by atoms with Crippen LogP contribution in [0.25, 0.3) is 0 Å². The van der Waals surface area contributed by atoms with Gasteiger partial charge in [0.25, 0.3) is 0 Å². The third kappa shape index (κ3) is 3.61. The van der Waals surface area contributed by atoms with E-state index in [9.17, 15) is 0 Å². The number of anilines is 1. The monoisotopic (exact) mass is 285 g/mol. The highest BCUT2D eigenvalue weighted by molar-refractivity contribution is 5.37. The molecule has 0 aliphatic carbocycles. The van der Waals surface area contributed by atoms with Crippen molar-refractivity contribution in [3.8, 4) is 0 Å². The van der Waals surface area contributed by atoms with Crippen LogP contribution in [-0.4, -0.2) is 38.8 Å². The number of hydrogen-bond donors (Lipinski definition) is 1. The first-order chi connectivity index (χ1) is 10.2. The Kier molecular flexibility index (Phi) is 4.20. The fourth-order valence-electron chi connectivity index (χ4n) is 2.94. The van der Waals surface area contributed by atoms with Crippen LogP contribution in [0.1, 0.15) is 24.1 Å². The molecule has 0 bridgehead atoms. The Morgan fingerprint density at radius 3 is 2.76 bits per heavy atom. The van der Waals surface area contributed by atoms with Crippen molar-refractivity contribution in [2.24, 2.45) is 7.05 Å². The van der Waals surface area contributed by atoms with Gasteiger partial charge < -0.3 is 5.32 Å². The van der Waals surface area contributed by atoms with Gasteiger partial charge in [0.1, 0.15) is 5.82 Å². The molecular weight excluding hydrogens is 262 g/mol. The van der Waals surface area contributed by atoms with Gasteiger partial charge in [-0.2, -0.15) is 5.10 Å². The average Bonchev–Trinajstić information content (AvgIpc) is 2.80. The van der Waals surface area contributed by atoms with Gasteiger partial charge in [-0.25, -0.2) is 0 Å². The molecule has 3 rings (SSSR count). The molecule has 112 valence electrons. The van der Waals surface area contributed by atoms with E-state index in [2.05, 4.69) is 32.4 Å². The van der Waals surface area contributed by atoms with Gasteiger partial charge in [0.2, 0.25) is 0 Å². The number of piperidine rings is 1. The average molecular weight is 285 g/mol. The van der Waals surface area contributed by atoms with Crippen molar-refractivity contribution in [1.29, 1.82) is 0 Å². The zero-order valence-corrected chi connectivity index (χ0v) is 12.8. The third-order valence-corrected chi connectivity index (χ3v) is 4.07. The lowest BCUT2D eigenvalue weighted by molar-refractivity contribution is 0.211. The molecule has 3 heterocycles. The van der Waals surface area contributed by atoms with Crippen molar-refractivity contribution in [3.63, 3.8) is 0 Å². The van der Waals surface area contributed by atoms with Crippen molar-refractivity contribution in [2.75, 3.05) is 18.4 Å². The number of aryl methyl sites for hydroxylation is 2. The van der Waals surface area contributed by atoms with Crippen LogP contribution in [0.15, 0.2) is 30.6 Å². The SMILES string of the molecule is Cc1cc(NC2CCN(Cc3cccnc3)CC2)n(C)n1. The Balaban J connectivity index is 1.50. The normalized spacial score (nSPS) is 17.0. The predicted octanol–water partition coefficient (Wildman–Crippen LogP) is 2.20.